The predicted molar refractivity (Wildman–Crippen MR) is 260 cm³/mol. The lowest BCUT2D eigenvalue weighted by Gasteiger charge is -2.14. The molecule has 0 fully saturated rings. The number of hydrogen-bond donors (Lipinski definition) is 0. The van der Waals surface area contributed by atoms with Crippen LogP contribution >= 0.6 is 0 Å². The maximum Gasteiger partial charge on any atom is 0.164 e. The summed E-state index contributed by atoms with van der Waals surface area (Å²) in [5.41, 5.74) is 12.2. The largest absolute Gasteiger partial charge is 0.208 e. The van der Waals surface area contributed by atoms with Crippen LogP contribution in [0.15, 0.2) is 231 Å². The molecule has 0 saturated heterocycles. The molecule has 64 heavy (non-hydrogen) atoms. The van der Waals surface area contributed by atoms with Crippen LogP contribution in [0.25, 0.3) is 112 Å². The summed E-state index contributed by atoms with van der Waals surface area (Å²) in [7, 11) is 0. The van der Waals surface area contributed by atoms with Gasteiger partial charge in [0.2, 0.25) is 0 Å². The van der Waals surface area contributed by atoms with Crippen LogP contribution in [0.2, 0.25) is 0 Å². The minimum absolute atomic E-state index is 0.609. The van der Waals surface area contributed by atoms with Gasteiger partial charge >= 0.3 is 0 Å². The van der Waals surface area contributed by atoms with Gasteiger partial charge in [0.05, 0.1) is 0 Å². The topological polar surface area (TPSA) is 77.3 Å². The molecule has 0 bridgehead atoms. The molecule has 0 radical (unpaired) electrons. The van der Waals surface area contributed by atoms with Gasteiger partial charge in [-0.25, -0.2) is 29.9 Å². The van der Waals surface area contributed by atoms with Crippen molar-refractivity contribution in [2.24, 2.45) is 0 Å². The van der Waals surface area contributed by atoms with Crippen LogP contribution in [-0.4, -0.2) is 29.9 Å². The number of nitrogens with zero attached hydrogens (tertiary/aromatic N) is 6. The van der Waals surface area contributed by atoms with E-state index < -0.39 is 0 Å². The summed E-state index contributed by atoms with van der Waals surface area (Å²) in [6.45, 7) is 0. The van der Waals surface area contributed by atoms with E-state index in [-0.39, 0.29) is 0 Å². The molecular weight excluding hydrogens is 781 g/mol. The van der Waals surface area contributed by atoms with Crippen molar-refractivity contribution in [3.8, 4) is 102 Å². The third-order valence-corrected chi connectivity index (χ3v) is 11.4. The first-order valence-corrected chi connectivity index (χ1v) is 21.3. The van der Waals surface area contributed by atoms with Crippen LogP contribution in [0.5, 0.6) is 0 Å². The van der Waals surface area contributed by atoms with Gasteiger partial charge in [-0.2, -0.15) is 0 Å². The molecule has 0 atom stereocenters. The molecule has 6 heteroatoms. The van der Waals surface area contributed by atoms with Gasteiger partial charge in [0.25, 0.3) is 0 Å². The smallest absolute Gasteiger partial charge is 0.164 e. The molecule has 2 heterocycles. The standard InChI is InChI=1S/C58H38N6/c1-5-16-39(17-6-1)40-30-34-46(35-31-40)57-62-55(45-22-11-4-12-23-45)63-58(64-57)49-27-13-26-48(38-49)51-29-15-25-42-24-14-28-50(52(42)51)41-32-36-47(37-33-41)56-60-53(43-18-7-2-8-19-43)59-54(61-56)44-20-9-3-10-21-44/h1-38H. The Morgan fingerprint density at radius 2 is 0.469 bits per heavy atom. The van der Waals surface area contributed by atoms with E-state index in [2.05, 4.69) is 133 Å². The lowest BCUT2D eigenvalue weighted by atomic mass is 9.90. The average molecular weight is 819 g/mol. The van der Waals surface area contributed by atoms with Gasteiger partial charge in [-0.3, -0.25) is 0 Å². The zero-order valence-electron chi connectivity index (χ0n) is 34.6. The Balaban J connectivity index is 0.973. The Hall–Kier alpha value is -8.74. The number of hydrogen-bond acceptors (Lipinski definition) is 6. The highest BCUT2D eigenvalue weighted by Gasteiger charge is 2.17. The monoisotopic (exact) mass is 818 g/mol. The molecule has 11 rings (SSSR count). The van der Waals surface area contributed by atoms with Gasteiger partial charge in [-0.1, -0.05) is 224 Å². The summed E-state index contributed by atoms with van der Waals surface area (Å²) in [5.74, 6) is 3.75. The van der Waals surface area contributed by atoms with E-state index in [1.807, 2.05) is 97.1 Å². The van der Waals surface area contributed by atoms with E-state index in [1.54, 1.807) is 0 Å². The van der Waals surface area contributed by atoms with Crippen molar-refractivity contribution < 1.29 is 0 Å². The second-order valence-corrected chi connectivity index (χ2v) is 15.5. The van der Waals surface area contributed by atoms with Crippen molar-refractivity contribution in [3.63, 3.8) is 0 Å². The molecule has 0 aliphatic carbocycles. The van der Waals surface area contributed by atoms with Crippen molar-refractivity contribution >= 4 is 10.8 Å². The SMILES string of the molecule is c1ccc(-c2ccc(-c3nc(-c4ccccc4)nc(-c4cccc(-c5cccc6cccc(-c7ccc(-c8nc(-c9ccccc9)nc(-c9ccccc9)n8)cc7)c56)c4)n3)cc2)cc1. The quantitative estimate of drug-likeness (QED) is 0.144. The second-order valence-electron chi connectivity index (χ2n) is 15.5. The Kier molecular flexibility index (Phi) is 10.1. The predicted octanol–water partition coefficient (Wildman–Crippen LogP) is 14.2. The molecule has 300 valence electrons. The average Bonchev–Trinajstić information content (AvgIpc) is 3.39. The minimum Gasteiger partial charge on any atom is -0.208 e. The molecule has 0 amide bonds. The third-order valence-electron chi connectivity index (χ3n) is 11.4. The van der Waals surface area contributed by atoms with E-state index in [0.29, 0.717) is 34.9 Å². The van der Waals surface area contributed by atoms with E-state index >= 15 is 0 Å². The van der Waals surface area contributed by atoms with Gasteiger partial charge in [-0.15, -0.1) is 0 Å². The first-order chi connectivity index (χ1) is 31.7. The van der Waals surface area contributed by atoms with Crippen LogP contribution in [0.4, 0.5) is 0 Å². The van der Waals surface area contributed by atoms with E-state index in [4.69, 9.17) is 29.9 Å². The molecule has 9 aromatic carbocycles. The van der Waals surface area contributed by atoms with Gasteiger partial charge in [0, 0.05) is 33.4 Å². The molecular formula is C58H38N6. The Labute approximate surface area is 371 Å². The highest BCUT2D eigenvalue weighted by atomic mass is 15.0. The Morgan fingerprint density at radius 1 is 0.188 bits per heavy atom. The lowest BCUT2D eigenvalue weighted by molar-refractivity contribution is 1.07. The summed E-state index contributed by atoms with van der Waals surface area (Å²) >= 11 is 0. The van der Waals surface area contributed by atoms with Crippen LogP contribution in [0.1, 0.15) is 0 Å². The minimum atomic E-state index is 0.609. The molecule has 0 N–H and O–H groups in total. The summed E-state index contributed by atoms with van der Waals surface area (Å²) in [4.78, 5) is 30.0. The first-order valence-electron chi connectivity index (χ1n) is 21.3. The summed E-state index contributed by atoms with van der Waals surface area (Å²) in [6.07, 6.45) is 0. The molecule has 11 aromatic rings. The first kappa shape index (κ1) is 38.2. The molecule has 0 aliphatic heterocycles. The summed E-state index contributed by atoms with van der Waals surface area (Å²) in [6, 6.07) is 79.1. The van der Waals surface area contributed by atoms with Gasteiger partial charge in [0.1, 0.15) is 0 Å². The van der Waals surface area contributed by atoms with Crippen molar-refractivity contribution in [3.05, 3.63) is 231 Å². The van der Waals surface area contributed by atoms with Crippen LogP contribution in [-0.2, 0) is 0 Å². The summed E-state index contributed by atoms with van der Waals surface area (Å²) < 4.78 is 0. The van der Waals surface area contributed by atoms with E-state index in [1.165, 1.54) is 0 Å². The van der Waals surface area contributed by atoms with E-state index in [9.17, 15) is 0 Å². The van der Waals surface area contributed by atoms with Crippen LogP contribution in [0, 0.1) is 0 Å². The summed E-state index contributed by atoms with van der Waals surface area (Å²) in [5, 5.41) is 2.31. The van der Waals surface area contributed by atoms with Crippen molar-refractivity contribution in [2.75, 3.05) is 0 Å². The highest BCUT2D eigenvalue weighted by Crippen LogP contribution is 2.39. The molecule has 0 unspecified atom stereocenters. The molecule has 6 nitrogen and oxygen atoms in total. The fraction of sp³-hybridized carbons (Fsp3) is 0. The maximum absolute atomic E-state index is 5.11. The van der Waals surface area contributed by atoms with Crippen molar-refractivity contribution in [1.29, 1.82) is 0 Å². The van der Waals surface area contributed by atoms with Gasteiger partial charge in [-0.05, 0) is 50.2 Å². The number of aromatic nitrogens is 6. The molecule has 2 aromatic heterocycles. The maximum atomic E-state index is 5.11. The second kappa shape index (κ2) is 17.0. The highest BCUT2D eigenvalue weighted by molar-refractivity contribution is 6.06. The number of benzene rings is 9. The van der Waals surface area contributed by atoms with Crippen LogP contribution < -0.4 is 0 Å². The van der Waals surface area contributed by atoms with Gasteiger partial charge < -0.3 is 0 Å². The lowest BCUT2D eigenvalue weighted by Crippen LogP contribution is -2.00. The fourth-order valence-corrected chi connectivity index (χ4v) is 8.18. The fourth-order valence-electron chi connectivity index (χ4n) is 8.18. The Morgan fingerprint density at radius 3 is 0.906 bits per heavy atom. The molecule has 0 saturated carbocycles. The van der Waals surface area contributed by atoms with Crippen LogP contribution in [0.3, 0.4) is 0 Å². The number of rotatable bonds is 9. The zero-order chi connectivity index (χ0) is 42.7. The van der Waals surface area contributed by atoms with E-state index in [0.717, 1.165) is 77.5 Å². The van der Waals surface area contributed by atoms with Crippen molar-refractivity contribution in [1.82, 2.24) is 29.9 Å². The normalized spacial score (nSPS) is 11.1. The third kappa shape index (κ3) is 7.72. The van der Waals surface area contributed by atoms with Crippen molar-refractivity contribution in [2.45, 2.75) is 0 Å². The zero-order valence-corrected chi connectivity index (χ0v) is 34.6. The number of fused-ring (bicyclic) bond motifs is 1. The van der Waals surface area contributed by atoms with Gasteiger partial charge in [0.15, 0.2) is 34.9 Å². The Bertz CT molecular complexity index is 3330. The molecule has 0 aliphatic rings. The molecule has 0 spiro atoms.